The second-order valence-electron chi connectivity index (χ2n) is 4.89. The molecule has 0 aliphatic carbocycles. The van der Waals surface area contributed by atoms with Crippen molar-refractivity contribution in [2.45, 2.75) is 33.1 Å². The quantitative estimate of drug-likeness (QED) is 0.759. The molecule has 1 aromatic heterocycles. The van der Waals surface area contributed by atoms with E-state index in [1.165, 1.54) is 12.7 Å². The normalized spacial score (nSPS) is 10.6. The predicted molar refractivity (Wildman–Crippen MR) is 82.9 cm³/mol. The van der Waals surface area contributed by atoms with Crippen LogP contribution in [0.5, 0.6) is 5.75 Å². The summed E-state index contributed by atoms with van der Waals surface area (Å²) in [5.41, 5.74) is 2.29. The minimum atomic E-state index is -0.451. The van der Waals surface area contributed by atoms with Crippen LogP contribution >= 0.6 is 0 Å². The van der Waals surface area contributed by atoms with Gasteiger partial charge in [-0.1, -0.05) is 19.4 Å². The van der Waals surface area contributed by atoms with Gasteiger partial charge >= 0.3 is 5.97 Å². The van der Waals surface area contributed by atoms with Crippen molar-refractivity contribution in [2.24, 2.45) is 0 Å². The van der Waals surface area contributed by atoms with E-state index in [4.69, 9.17) is 9.47 Å². The van der Waals surface area contributed by atoms with Crippen molar-refractivity contribution in [3.05, 3.63) is 35.5 Å². The first-order valence-corrected chi connectivity index (χ1v) is 7.34. The number of hydrogen-bond acceptors (Lipinski definition) is 4. The molecule has 0 spiro atoms. The maximum absolute atomic E-state index is 11.7. The van der Waals surface area contributed by atoms with Crippen LogP contribution < -0.4 is 4.74 Å². The lowest BCUT2D eigenvalue weighted by Crippen LogP contribution is -2.06. The lowest BCUT2D eigenvalue weighted by atomic mass is 10.0. The van der Waals surface area contributed by atoms with E-state index in [0.717, 1.165) is 30.2 Å². The summed E-state index contributed by atoms with van der Waals surface area (Å²) in [6.07, 6.45) is 3.36. The van der Waals surface area contributed by atoms with Gasteiger partial charge in [-0.05, 0) is 37.5 Å². The third kappa shape index (κ3) is 3.51. The highest BCUT2D eigenvalue weighted by Crippen LogP contribution is 2.27. The van der Waals surface area contributed by atoms with Crippen molar-refractivity contribution >= 4 is 16.9 Å². The number of methoxy groups -OCH3 is 1. The molecule has 0 bridgehead atoms. The van der Waals surface area contributed by atoms with Gasteiger partial charge < -0.3 is 9.47 Å². The monoisotopic (exact) mass is 287 g/mol. The van der Waals surface area contributed by atoms with Crippen molar-refractivity contribution in [1.82, 2.24) is 4.98 Å². The van der Waals surface area contributed by atoms with Gasteiger partial charge in [-0.15, -0.1) is 0 Å². The zero-order valence-corrected chi connectivity index (χ0v) is 12.8. The van der Waals surface area contributed by atoms with Crippen molar-refractivity contribution in [3.63, 3.8) is 0 Å². The van der Waals surface area contributed by atoms with E-state index in [1.54, 1.807) is 6.07 Å². The van der Waals surface area contributed by atoms with Crippen molar-refractivity contribution in [1.29, 1.82) is 0 Å². The number of hydrogen-bond donors (Lipinski definition) is 0. The molecule has 0 saturated carbocycles. The highest BCUT2D eigenvalue weighted by molar-refractivity contribution is 5.94. The third-order valence-corrected chi connectivity index (χ3v) is 3.35. The molecule has 1 heterocycles. The summed E-state index contributed by atoms with van der Waals surface area (Å²) >= 11 is 0. The summed E-state index contributed by atoms with van der Waals surface area (Å²) in [6, 6.07) is 7.75. The number of benzene rings is 1. The summed E-state index contributed by atoms with van der Waals surface area (Å²) in [4.78, 5) is 16.0. The summed E-state index contributed by atoms with van der Waals surface area (Å²) in [6.45, 7) is 4.64. The molecule has 0 radical (unpaired) electrons. The number of esters is 1. The second kappa shape index (κ2) is 7.07. The zero-order valence-electron chi connectivity index (χ0n) is 12.8. The van der Waals surface area contributed by atoms with E-state index >= 15 is 0 Å². The molecule has 4 nitrogen and oxygen atoms in total. The molecule has 21 heavy (non-hydrogen) atoms. The van der Waals surface area contributed by atoms with E-state index in [-0.39, 0.29) is 5.69 Å². The third-order valence-electron chi connectivity index (χ3n) is 3.35. The van der Waals surface area contributed by atoms with Crippen LogP contribution in [0.1, 0.15) is 42.7 Å². The number of nitrogens with zero attached hydrogens (tertiary/aromatic N) is 1. The van der Waals surface area contributed by atoms with Gasteiger partial charge in [-0.3, -0.25) is 0 Å². The highest BCUT2D eigenvalue weighted by atomic mass is 16.5. The Morgan fingerprint density at radius 3 is 2.71 bits per heavy atom. The van der Waals surface area contributed by atoms with Crippen LogP contribution in [0.15, 0.2) is 24.3 Å². The van der Waals surface area contributed by atoms with Crippen LogP contribution in [0.2, 0.25) is 0 Å². The lowest BCUT2D eigenvalue weighted by Gasteiger charge is -2.10. The topological polar surface area (TPSA) is 48.4 Å². The number of carbonyl (C=O) groups is 1. The van der Waals surface area contributed by atoms with Crippen LogP contribution in [-0.4, -0.2) is 24.7 Å². The minimum absolute atomic E-state index is 0.273. The molecular weight excluding hydrogens is 266 g/mol. The fraction of sp³-hybridized carbons (Fsp3) is 0.412. The Morgan fingerprint density at radius 1 is 1.24 bits per heavy atom. The average Bonchev–Trinajstić information content (AvgIpc) is 2.52. The molecule has 1 aromatic carbocycles. The number of pyridine rings is 1. The Balaban J connectivity index is 2.50. The Kier molecular flexibility index (Phi) is 5.14. The first-order chi connectivity index (χ1) is 10.2. The van der Waals surface area contributed by atoms with Gasteiger partial charge in [0.1, 0.15) is 5.75 Å². The Hall–Kier alpha value is -2.10. The van der Waals surface area contributed by atoms with Gasteiger partial charge in [-0.2, -0.15) is 0 Å². The zero-order chi connectivity index (χ0) is 15.2. The molecule has 0 N–H and O–H groups in total. The number of rotatable bonds is 6. The van der Waals surface area contributed by atoms with E-state index in [2.05, 4.69) is 24.0 Å². The standard InChI is InChI=1S/C17H21NO3/c1-4-6-7-12-8-9-14-13(10-12)16(21-5-2)11-15(18-14)17(19)20-3/h8-11H,4-7H2,1-3H3. The number of carbonyl (C=O) groups excluding carboxylic acids is 1. The van der Waals surface area contributed by atoms with Gasteiger partial charge in [0, 0.05) is 11.5 Å². The molecule has 0 saturated heterocycles. The number of aryl methyl sites for hydroxylation is 1. The second-order valence-corrected chi connectivity index (χ2v) is 4.89. The number of ether oxygens (including phenoxy) is 2. The molecule has 4 heteroatoms. The van der Waals surface area contributed by atoms with Gasteiger partial charge in [0.05, 0.1) is 19.2 Å². The summed E-state index contributed by atoms with van der Waals surface area (Å²) in [5.74, 6) is 0.231. The molecular formula is C17H21NO3. The lowest BCUT2D eigenvalue weighted by molar-refractivity contribution is 0.0594. The maximum Gasteiger partial charge on any atom is 0.356 e. The van der Waals surface area contributed by atoms with Gasteiger partial charge in [0.2, 0.25) is 0 Å². The molecule has 2 rings (SSSR count). The van der Waals surface area contributed by atoms with Crippen LogP contribution in [0.3, 0.4) is 0 Å². The Bertz CT molecular complexity index is 637. The van der Waals surface area contributed by atoms with Crippen molar-refractivity contribution < 1.29 is 14.3 Å². The van der Waals surface area contributed by atoms with Crippen LogP contribution in [0, 0.1) is 0 Å². The van der Waals surface area contributed by atoms with Gasteiger partial charge in [-0.25, -0.2) is 9.78 Å². The Labute approximate surface area is 125 Å². The molecule has 112 valence electrons. The SMILES string of the molecule is CCCCc1ccc2nc(C(=O)OC)cc(OCC)c2c1. The highest BCUT2D eigenvalue weighted by Gasteiger charge is 2.13. The van der Waals surface area contributed by atoms with E-state index in [1.807, 2.05) is 13.0 Å². The smallest absolute Gasteiger partial charge is 0.356 e. The van der Waals surface area contributed by atoms with E-state index in [9.17, 15) is 4.79 Å². The first-order valence-electron chi connectivity index (χ1n) is 7.34. The largest absolute Gasteiger partial charge is 0.493 e. The van der Waals surface area contributed by atoms with E-state index in [0.29, 0.717) is 12.4 Å². The molecule has 0 aliphatic heterocycles. The fourth-order valence-corrected chi connectivity index (χ4v) is 2.26. The van der Waals surface area contributed by atoms with Crippen molar-refractivity contribution in [2.75, 3.05) is 13.7 Å². The van der Waals surface area contributed by atoms with Crippen LogP contribution in [0.25, 0.3) is 10.9 Å². The minimum Gasteiger partial charge on any atom is -0.493 e. The molecule has 0 fully saturated rings. The van der Waals surface area contributed by atoms with Gasteiger partial charge in [0.25, 0.3) is 0 Å². The number of aromatic nitrogens is 1. The molecule has 0 aliphatic rings. The molecule has 0 unspecified atom stereocenters. The molecule has 0 atom stereocenters. The molecule has 0 amide bonds. The Morgan fingerprint density at radius 2 is 2.05 bits per heavy atom. The summed E-state index contributed by atoms with van der Waals surface area (Å²) < 4.78 is 10.4. The van der Waals surface area contributed by atoms with Crippen LogP contribution in [0.4, 0.5) is 0 Å². The number of unbranched alkanes of at least 4 members (excludes halogenated alkanes) is 1. The number of fused-ring (bicyclic) bond motifs is 1. The van der Waals surface area contributed by atoms with Gasteiger partial charge in [0.15, 0.2) is 5.69 Å². The maximum atomic E-state index is 11.7. The van der Waals surface area contributed by atoms with Crippen molar-refractivity contribution in [3.8, 4) is 5.75 Å². The molecule has 2 aromatic rings. The first kappa shape index (κ1) is 15.3. The predicted octanol–water partition coefficient (Wildman–Crippen LogP) is 3.76. The fourth-order valence-electron chi connectivity index (χ4n) is 2.26. The van der Waals surface area contributed by atoms with Crippen LogP contribution in [-0.2, 0) is 11.2 Å². The van der Waals surface area contributed by atoms with E-state index < -0.39 is 5.97 Å². The summed E-state index contributed by atoms with van der Waals surface area (Å²) in [7, 11) is 1.35. The average molecular weight is 287 g/mol. The summed E-state index contributed by atoms with van der Waals surface area (Å²) in [5, 5.41) is 0.943.